The predicted molar refractivity (Wildman–Crippen MR) is 99.2 cm³/mol. The number of nitrogens with one attached hydrogen (secondary N) is 3. The fraction of sp³-hybridized carbons (Fsp3) is 0.562. The van der Waals surface area contributed by atoms with Crippen LogP contribution in [-0.2, 0) is 14.8 Å². The Bertz CT molecular complexity index is 723. The van der Waals surface area contributed by atoms with E-state index in [1.165, 1.54) is 18.5 Å². The number of guanidine groups is 1. The Labute approximate surface area is 154 Å². The summed E-state index contributed by atoms with van der Waals surface area (Å²) < 4.78 is 26.7. The highest BCUT2D eigenvalue weighted by molar-refractivity contribution is 7.89. The van der Waals surface area contributed by atoms with Crippen molar-refractivity contribution in [1.82, 2.24) is 25.2 Å². The molecule has 1 amide bonds. The number of sulfonamides is 1. The number of aliphatic imine (C=N–C) groups is 1. The molecule has 0 bridgehead atoms. The third-order valence-corrected chi connectivity index (χ3v) is 5.51. The maximum Gasteiger partial charge on any atom is 0.242 e. The van der Waals surface area contributed by atoms with Crippen LogP contribution in [0.25, 0.3) is 0 Å². The molecule has 1 aromatic heterocycles. The third kappa shape index (κ3) is 5.67. The molecule has 1 aromatic rings. The second-order valence-electron chi connectivity index (χ2n) is 5.91. The van der Waals surface area contributed by atoms with E-state index in [0.717, 1.165) is 13.0 Å². The van der Waals surface area contributed by atoms with Gasteiger partial charge in [-0.05, 0) is 18.6 Å². The van der Waals surface area contributed by atoms with Crippen LogP contribution in [0.3, 0.4) is 0 Å². The van der Waals surface area contributed by atoms with Crippen molar-refractivity contribution in [2.75, 3.05) is 33.2 Å². The number of pyridine rings is 1. The summed E-state index contributed by atoms with van der Waals surface area (Å²) in [4.78, 5) is 21.6. The number of carbonyl (C=O) groups excluding carboxylic acids is 1. The Morgan fingerprint density at radius 3 is 2.88 bits per heavy atom. The number of hydrogen-bond acceptors (Lipinski definition) is 5. The summed E-state index contributed by atoms with van der Waals surface area (Å²) in [5, 5.41) is 6.33. The summed E-state index contributed by atoms with van der Waals surface area (Å²) in [6.45, 7) is 3.84. The smallest absolute Gasteiger partial charge is 0.242 e. The molecule has 2 heterocycles. The first-order chi connectivity index (χ1) is 12.5. The SMILES string of the molecule is CCC(=O)N1CCC(NC(=NC)NCCNS(=O)(=O)c2cccnc2)C1. The lowest BCUT2D eigenvalue weighted by molar-refractivity contribution is -0.129. The quantitative estimate of drug-likeness (QED) is 0.334. The monoisotopic (exact) mass is 382 g/mol. The fourth-order valence-corrected chi connectivity index (χ4v) is 3.67. The number of carbonyl (C=O) groups is 1. The fourth-order valence-electron chi connectivity index (χ4n) is 2.67. The Morgan fingerprint density at radius 2 is 2.23 bits per heavy atom. The van der Waals surface area contributed by atoms with Crippen molar-refractivity contribution < 1.29 is 13.2 Å². The van der Waals surface area contributed by atoms with Crippen LogP contribution in [0.1, 0.15) is 19.8 Å². The topological polar surface area (TPSA) is 116 Å². The molecule has 1 saturated heterocycles. The average Bonchev–Trinajstić information content (AvgIpc) is 3.12. The van der Waals surface area contributed by atoms with Gasteiger partial charge in [0.1, 0.15) is 4.90 Å². The maximum absolute atomic E-state index is 12.1. The van der Waals surface area contributed by atoms with Gasteiger partial charge in [0.25, 0.3) is 0 Å². The first-order valence-corrected chi connectivity index (χ1v) is 10.1. The summed E-state index contributed by atoms with van der Waals surface area (Å²) in [7, 11) is -1.91. The molecule has 0 saturated carbocycles. The zero-order chi connectivity index (χ0) is 19.0. The van der Waals surface area contributed by atoms with E-state index in [9.17, 15) is 13.2 Å². The first kappa shape index (κ1) is 20.1. The van der Waals surface area contributed by atoms with E-state index in [-0.39, 0.29) is 23.4 Å². The minimum Gasteiger partial charge on any atom is -0.355 e. The highest BCUT2D eigenvalue weighted by Gasteiger charge is 2.25. The number of nitrogens with zero attached hydrogens (tertiary/aromatic N) is 3. The molecular formula is C16H26N6O3S. The zero-order valence-corrected chi connectivity index (χ0v) is 15.9. The van der Waals surface area contributed by atoms with Crippen LogP contribution >= 0.6 is 0 Å². The largest absolute Gasteiger partial charge is 0.355 e. The van der Waals surface area contributed by atoms with Crippen molar-refractivity contribution >= 4 is 21.9 Å². The molecule has 26 heavy (non-hydrogen) atoms. The molecule has 0 spiro atoms. The van der Waals surface area contributed by atoms with Gasteiger partial charge in [0.15, 0.2) is 5.96 Å². The van der Waals surface area contributed by atoms with Crippen molar-refractivity contribution in [2.24, 2.45) is 4.99 Å². The van der Waals surface area contributed by atoms with E-state index in [1.807, 2.05) is 11.8 Å². The molecular weight excluding hydrogens is 356 g/mol. The average molecular weight is 382 g/mol. The van der Waals surface area contributed by atoms with Crippen LogP contribution in [0.15, 0.2) is 34.4 Å². The van der Waals surface area contributed by atoms with E-state index >= 15 is 0 Å². The van der Waals surface area contributed by atoms with Crippen molar-refractivity contribution in [3.63, 3.8) is 0 Å². The van der Waals surface area contributed by atoms with Gasteiger partial charge in [-0.3, -0.25) is 14.8 Å². The molecule has 1 unspecified atom stereocenters. The zero-order valence-electron chi connectivity index (χ0n) is 15.1. The Morgan fingerprint density at radius 1 is 1.42 bits per heavy atom. The number of aromatic nitrogens is 1. The molecule has 1 aliphatic rings. The standard InChI is InChI=1S/C16H26N6O3S/c1-3-15(23)22-10-6-13(12-22)21-16(17-2)19-8-9-20-26(24,25)14-5-4-7-18-11-14/h4-5,7,11,13,20H,3,6,8-10,12H2,1-2H3,(H2,17,19,21). The van der Waals surface area contributed by atoms with Crippen LogP contribution in [0.4, 0.5) is 0 Å². The molecule has 144 valence electrons. The molecule has 2 rings (SSSR count). The van der Waals surface area contributed by atoms with E-state index in [1.54, 1.807) is 13.1 Å². The van der Waals surface area contributed by atoms with Crippen molar-refractivity contribution in [3.05, 3.63) is 24.5 Å². The minimum absolute atomic E-state index is 0.133. The first-order valence-electron chi connectivity index (χ1n) is 8.61. The number of rotatable bonds is 7. The lowest BCUT2D eigenvalue weighted by Gasteiger charge is -2.18. The summed E-state index contributed by atoms with van der Waals surface area (Å²) in [6.07, 6.45) is 4.20. The number of hydrogen-bond donors (Lipinski definition) is 3. The second kappa shape index (κ2) is 9.48. The molecule has 9 nitrogen and oxygen atoms in total. The summed E-state index contributed by atoms with van der Waals surface area (Å²) >= 11 is 0. The van der Waals surface area contributed by atoms with Crippen molar-refractivity contribution in [3.8, 4) is 0 Å². The van der Waals surface area contributed by atoms with Gasteiger partial charge in [0, 0.05) is 58.1 Å². The third-order valence-electron chi connectivity index (χ3n) is 4.06. The molecule has 10 heteroatoms. The van der Waals surface area contributed by atoms with E-state index in [0.29, 0.717) is 25.5 Å². The van der Waals surface area contributed by atoms with Gasteiger partial charge in [0.05, 0.1) is 0 Å². The van der Waals surface area contributed by atoms with E-state index in [4.69, 9.17) is 0 Å². The predicted octanol–water partition coefficient (Wildman–Crippen LogP) is -0.464. The molecule has 1 fully saturated rings. The molecule has 0 aliphatic carbocycles. The summed E-state index contributed by atoms with van der Waals surface area (Å²) in [5.74, 6) is 0.739. The lowest BCUT2D eigenvalue weighted by Crippen LogP contribution is -2.46. The summed E-state index contributed by atoms with van der Waals surface area (Å²) in [5.41, 5.74) is 0. The molecule has 0 aromatic carbocycles. The lowest BCUT2D eigenvalue weighted by atomic mass is 10.3. The van der Waals surface area contributed by atoms with Gasteiger partial charge >= 0.3 is 0 Å². The summed E-state index contributed by atoms with van der Waals surface area (Å²) in [6, 6.07) is 3.21. The van der Waals surface area contributed by atoms with Gasteiger partial charge in [-0.1, -0.05) is 6.92 Å². The van der Waals surface area contributed by atoms with Gasteiger partial charge in [-0.15, -0.1) is 0 Å². The van der Waals surface area contributed by atoms with Crippen molar-refractivity contribution in [2.45, 2.75) is 30.7 Å². The van der Waals surface area contributed by atoms with E-state index < -0.39 is 10.0 Å². The molecule has 1 atom stereocenters. The van der Waals surface area contributed by atoms with E-state index in [2.05, 4.69) is 25.3 Å². The van der Waals surface area contributed by atoms with Gasteiger partial charge in [0.2, 0.25) is 15.9 Å². The van der Waals surface area contributed by atoms with Crippen LogP contribution in [-0.4, -0.2) is 69.4 Å². The van der Waals surface area contributed by atoms with Crippen molar-refractivity contribution in [1.29, 1.82) is 0 Å². The highest BCUT2D eigenvalue weighted by atomic mass is 32.2. The Balaban J connectivity index is 1.74. The maximum atomic E-state index is 12.1. The van der Waals surface area contributed by atoms with Crippen LogP contribution < -0.4 is 15.4 Å². The van der Waals surface area contributed by atoms with Crippen LogP contribution in [0.2, 0.25) is 0 Å². The molecule has 1 aliphatic heterocycles. The van der Waals surface area contributed by atoms with Crippen LogP contribution in [0.5, 0.6) is 0 Å². The number of amides is 1. The van der Waals surface area contributed by atoms with Gasteiger partial charge < -0.3 is 15.5 Å². The van der Waals surface area contributed by atoms with Crippen LogP contribution in [0, 0.1) is 0 Å². The molecule has 0 radical (unpaired) electrons. The van der Waals surface area contributed by atoms with Gasteiger partial charge in [-0.2, -0.15) is 0 Å². The van der Waals surface area contributed by atoms with Gasteiger partial charge in [-0.25, -0.2) is 13.1 Å². The minimum atomic E-state index is -3.56. The Kier molecular flexibility index (Phi) is 7.34. The Hall–Kier alpha value is -2.20. The number of likely N-dealkylation sites (tertiary alicyclic amines) is 1. The normalized spacial score (nSPS) is 18.0. The second-order valence-corrected chi connectivity index (χ2v) is 7.68. The highest BCUT2D eigenvalue weighted by Crippen LogP contribution is 2.10. The molecule has 3 N–H and O–H groups in total.